The predicted octanol–water partition coefficient (Wildman–Crippen LogP) is 2.90. The molecule has 104 valence electrons. The van der Waals surface area contributed by atoms with E-state index in [4.69, 9.17) is 11.6 Å². The maximum absolute atomic E-state index is 11.8. The van der Waals surface area contributed by atoms with Crippen molar-refractivity contribution in [2.75, 3.05) is 32.5 Å². The molecule has 0 bridgehead atoms. The van der Waals surface area contributed by atoms with Crippen molar-refractivity contribution >= 4 is 23.3 Å². The Labute approximate surface area is 119 Å². The van der Waals surface area contributed by atoms with Crippen molar-refractivity contribution in [3.63, 3.8) is 0 Å². The minimum atomic E-state index is 0.102. The SMILES string of the molecule is CN(C)C(=O)N1CCC(Nc2ccc(Cl)cc2)CC1. The summed E-state index contributed by atoms with van der Waals surface area (Å²) in [7, 11) is 3.58. The number of nitrogens with one attached hydrogen (secondary N) is 1. The van der Waals surface area contributed by atoms with Gasteiger partial charge in [-0.05, 0) is 37.1 Å². The first-order chi connectivity index (χ1) is 9.06. The van der Waals surface area contributed by atoms with Gasteiger partial charge in [-0.2, -0.15) is 0 Å². The van der Waals surface area contributed by atoms with Gasteiger partial charge in [0.25, 0.3) is 0 Å². The highest BCUT2D eigenvalue weighted by atomic mass is 35.5. The van der Waals surface area contributed by atoms with Crippen LogP contribution in [0.2, 0.25) is 5.02 Å². The van der Waals surface area contributed by atoms with Crippen molar-refractivity contribution in [2.45, 2.75) is 18.9 Å². The lowest BCUT2D eigenvalue weighted by atomic mass is 10.0. The second kappa shape index (κ2) is 6.15. The van der Waals surface area contributed by atoms with Gasteiger partial charge in [0.2, 0.25) is 0 Å². The fourth-order valence-corrected chi connectivity index (χ4v) is 2.41. The van der Waals surface area contributed by atoms with Gasteiger partial charge in [-0.25, -0.2) is 4.79 Å². The van der Waals surface area contributed by atoms with Crippen molar-refractivity contribution in [2.24, 2.45) is 0 Å². The van der Waals surface area contributed by atoms with E-state index < -0.39 is 0 Å². The lowest BCUT2D eigenvalue weighted by Gasteiger charge is -2.34. The van der Waals surface area contributed by atoms with Gasteiger partial charge in [0, 0.05) is 43.9 Å². The summed E-state index contributed by atoms with van der Waals surface area (Å²) < 4.78 is 0. The molecule has 4 nitrogen and oxygen atoms in total. The summed E-state index contributed by atoms with van der Waals surface area (Å²) in [6.07, 6.45) is 1.95. The van der Waals surface area contributed by atoms with Crippen molar-refractivity contribution in [1.82, 2.24) is 9.80 Å². The molecule has 0 aliphatic carbocycles. The molecule has 1 saturated heterocycles. The molecule has 0 atom stereocenters. The maximum atomic E-state index is 11.8. The van der Waals surface area contributed by atoms with Crippen LogP contribution in [0.1, 0.15) is 12.8 Å². The molecule has 2 amide bonds. The molecule has 0 saturated carbocycles. The van der Waals surface area contributed by atoms with Crippen LogP contribution >= 0.6 is 11.6 Å². The summed E-state index contributed by atoms with van der Waals surface area (Å²) >= 11 is 5.86. The highest BCUT2D eigenvalue weighted by molar-refractivity contribution is 6.30. The Hall–Kier alpha value is -1.42. The van der Waals surface area contributed by atoms with E-state index in [0.717, 1.165) is 36.6 Å². The monoisotopic (exact) mass is 281 g/mol. The van der Waals surface area contributed by atoms with Crippen molar-refractivity contribution < 1.29 is 4.79 Å². The summed E-state index contributed by atoms with van der Waals surface area (Å²) in [6.45, 7) is 1.62. The fraction of sp³-hybridized carbons (Fsp3) is 0.500. The van der Waals surface area contributed by atoms with E-state index in [1.54, 1.807) is 19.0 Å². The first kappa shape index (κ1) is 14.0. The minimum Gasteiger partial charge on any atom is -0.382 e. The number of rotatable bonds is 2. The summed E-state index contributed by atoms with van der Waals surface area (Å²) in [5.74, 6) is 0. The maximum Gasteiger partial charge on any atom is 0.319 e. The predicted molar refractivity (Wildman–Crippen MR) is 78.8 cm³/mol. The summed E-state index contributed by atoms with van der Waals surface area (Å²) in [6, 6.07) is 8.26. The van der Waals surface area contributed by atoms with E-state index in [2.05, 4.69) is 5.32 Å². The third kappa shape index (κ3) is 3.77. The fourth-order valence-electron chi connectivity index (χ4n) is 2.28. The molecule has 1 aromatic carbocycles. The second-order valence-electron chi connectivity index (χ2n) is 5.09. The van der Waals surface area contributed by atoms with Gasteiger partial charge in [-0.1, -0.05) is 11.6 Å². The highest BCUT2D eigenvalue weighted by Crippen LogP contribution is 2.19. The number of urea groups is 1. The number of carbonyl (C=O) groups is 1. The van der Waals surface area contributed by atoms with E-state index in [1.807, 2.05) is 29.2 Å². The lowest BCUT2D eigenvalue weighted by molar-refractivity contribution is 0.158. The van der Waals surface area contributed by atoms with Crippen LogP contribution in [-0.4, -0.2) is 49.1 Å². The third-order valence-corrected chi connectivity index (χ3v) is 3.62. The summed E-state index contributed by atoms with van der Waals surface area (Å²) in [5, 5.41) is 4.23. The number of benzene rings is 1. The van der Waals surface area contributed by atoms with Crippen molar-refractivity contribution in [3.8, 4) is 0 Å². The number of hydrogen-bond donors (Lipinski definition) is 1. The van der Waals surface area contributed by atoms with Crippen molar-refractivity contribution in [3.05, 3.63) is 29.3 Å². The normalized spacial score (nSPS) is 16.3. The Kier molecular flexibility index (Phi) is 4.53. The average Bonchev–Trinajstić information content (AvgIpc) is 2.41. The van der Waals surface area contributed by atoms with Gasteiger partial charge >= 0.3 is 6.03 Å². The van der Waals surface area contributed by atoms with Crippen LogP contribution < -0.4 is 5.32 Å². The minimum absolute atomic E-state index is 0.102. The van der Waals surface area contributed by atoms with Crippen LogP contribution in [0, 0.1) is 0 Å². The molecule has 1 fully saturated rings. The molecule has 0 unspecified atom stereocenters. The second-order valence-corrected chi connectivity index (χ2v) is 5.53. The van der Waals surface area contributed by atoms with Gasteiger partial charge in [0.15, 0.2) is 0 Å². The topological polar surface area (TPSA) is 35.6 Å². The number of piperidine rings is 1. The van der Waals surface area contributed by atoms with Crippen LogP contribution in [0.3, 0.4) is 0 Å². The first-order valence-corrected chi connectivity index (χ1v) is 6.92. The molecule has 0 radical (unpaired) electrons. The molecule has 1 aromatic rings. The quantitative estimate of drug-likeness (QED) is 0.905. The molecule has 1 aliphatic heterocycles. The average molecular weight is 282 g/mol. The van der Waals surface area contributed by atoms with Gasteiger partial charge in [0.1, 0.15) is 0 Å². The number of nitrogens with zero attached hydrogens (tertiary/aromatic N) is 2. The molecular weight excluding hydrogens is 262 g/mol. The van der Waals surface area contributed by atoms with Gasteiger partial charge in [-0.15, -0.1) is 0 Å². The zero-order chi connectivity index (χ0) is 13.8. The Balaban J connectivity index is 1.83. The standard InChI is InChI=1S/C14H20ClN3O/c1-17(2)14(19)18-9-7-13(8-10-18)16-12-5-3-11(15)4-6-12/h3-6,13,16H,7-10H2,1-2H3. The van der Waals surface area contributed by atoms with Crippen LogP contribution in [0.25, 0.3) is 0 Å². The lowest BCUT2D eigenvalue weighted by Crippen LogP contribution is -2.46. The Bertz CT molecular complexity index is 425. The zero-order valence-corrected chi connectivity index (χ0v) is 12.2. The number of anilines is 1. The number of hydrogen-bond acceptors (Lipinski definition) is 2. The van der Waals surface area contributed by atoms with E-state index in [0.29, 0.717) is 6.04 Å². The van der Waals surface area contributed by atoms with Crippen LogP contribution in [0.5, 0.6) is 0 Å². The van der Waals surface area contributed by atoms with E-state index in [9.17, 15) is 4.79 Å². The Morgan fingerprint density at radius 1 is 1.26 bits per heavy atom. The molecule has 0 aromatic heterocycles. The molecule has 0 spiro atoms. The highest BCUT2D eigenvalue weighted by Gasteiger charge is 2.23. The molecule has 5 heteroatoms. The molecule has 1 heterocycles. The molecule has 1 N–H and O–H groups in total. The van der Waals surface area contributed by atoms with Crippen LogP contribution in [-0.2, 0) is 0 Å². The Morgan fingerprint density at radius 2 is 1.84 bits per heavy atom. The molecule has 1 aliphatic rings. The number of amides is 2. The Morgan fingerprint density at radius 3 is 2.37 bits per heavy atom. The van der Waals surface area contributed by atoms with E-state index in [1.165, 1.54) is 0 Å². The summed E-state index contributed by atoms with van der Waals surface area (Å²) in [4.78, 5) is 15.4. The van der Waals surface area contributed by atoms with E-state index >= 15 is 0 Å². The van der Waals surface area contributed by atoms with E-state index in [-0.39, 0.29) is 6.03 Å². The third-order valence-electron chi connectivity index (χ3n) is 3.36. The van der Waals surface area contributed by atoms with Gasteiger partial charge < -0.3 is 15.1 Å². The number of carbonyl (C=O) groups excluding carboxylic acids is 1. The number of likely N-dealkylation sites (tertiary alicyclic amines) is 1. The van der Waals surface area contributed by atoms with Crippen LogP contribution in [0.4, 0.5) is 10.5 Å². The van der Waals surface area contributed by atoms with Crippen LogP contribution in [0.15, 0.2) is 24.3 Å². The number of halogens is 1. The zero-order valence-electron chi connectivity index (χ0n) is 11.4. The first-order valence-electron chi connectivity index (χ1n) is 6.54. The van der Waals surface area contributed by atoms with Gasteiger partial charge in [-0.3, -0.25) is 0 Å². The molecule has 19 heavy (non-hydrogen) atoms. The summed E-state index contributed by atoms with van der Waals surface area (Å²) in [5.41, 5.74) is 1.08. The smallest absolute Gasteiger partial charge is 0.319 e. The molecular formula is C14H20ClN3O. The van der Waals surface area contributed by atoms with Crippen molar-refractivity contribution in [1.29, 1.82) is 0 Å². The van der Waals surface area contributed by atoms with Gasteiger partial charge in [0.05, 0.1) is 0 Å². The largest absolute Gasteiger partial charge is 0.382 e. The molecule has 2 rings (SSSR count).